The minimum absolute atomic E-state index is 0.00553. The number of hydrogen-bond donors (Lipinski definition) is 1. The maximum Gasteiger partial charge on any atom is 0.311 e. The fourth-order valence-corrected chi connectivity index (χ4v) is 2.94. The summed E-state index contributed by atoms with van der Waals surface area (Å²) in [6, 6.07) is 3.18. The summed E-state index contributed by atoms with van der Waals surface area (Å²) in [4.78, 5) is 14.6. The lowest BCUT2D eigenvalue weighted by Crippen LogP contribution is -2.25. The van der Waals surface area contributed by atoms with Crippen LogP contribution in [0.2, 0.25) is 0 Å². The van der Waals surface area contributed by atoms with Gasteiger partial charge in [-0.1, -0.05) is 0 Å². The number of ether oxygens (including phenoxy) is 1. The second-order valence-electron chi connectivity index (χ2n) is 4.01. The van der Waals surface area contributed by atoms with Gasteiger partial charge >= 0.3 is 5.69 Å². The van der Waals surface area contributed by atoms with Gasteiger partial charge in [0.25, 0.3) is 0 Å². The first-order valence-corrected chi connectivity index (χ1v) is 6.90. The summed E-state index contributed by atoms with van der Waals surface area (Å²) in [5.74, 6) is 2.84. The van der Waals surface area contributed by atoms with E-state index in [1.807, 2.05) is 11.8 Å². The van der Waals surface area contributed by atoms with E-state index in [1.165, 1.54) is 19.2 Å². The average Bonchev–Trinajstić information content (AvgIpc) is 2.39. The van der Waals surface area contributed by atoms with E-state index in [9.17, 15) is 10.1 Å². The number of pyridine rings is 1. The molecule has 1 fully saturated rings. The van der Waals surface area contributed by atoms with Crippen molar-refractivity contribution in [3.8, 4) is 5.88 Å². The van der Waals surface area contributed by atoms with Crippen LogP contribution in [0.1, 0.15) is 12.8 Å². The van der Waals surface area contributed by atoms with E-state index >= 15 is 0 Å². The van der Waals surface area contributed by atoms with Gasteiger partial charge in [0.15, 0.2) is 0 Å². The van der Waals surface area contributed by atoms with Crippen LogP contribution in [0.25, 0.3) is 0 Å². The molecule has 7 heteroatoms. The molecule has 0 bridgehead atoms. The Labute approximate surface area is 109 Å². The van der Waals surface area contributed by atoms with Crippen molar-refractivity contribution in [3.05, 3.63) is 22.2 Å². The van der Waals surface area contributed by atoms with Crippen LogP contribution in [0, 0.1) is 10.1 Å². The predicted octanol–water partition coefficient (Wildman–Crippen LogP) is 2.31. The highest BCUT2D eigenvalue weighted by Gasteiger charge is 2.21. The molecule has 1 aromatic heterocycles. The van der Waals surface area contributed by atoms with Crippen LogP contribution in [0.3, 0.4) is 0 Å². The molecule has 0 saturated carbocycles. The molecule has 2 heterocycles. The number of nitrogens with zero attached hydrogens (tertiary/aromatic N) is 2. The first kappa shape index (κ1) is 12.9. The molecular formula is C11H15N3O3S. The third-order valence-corrected chi connectivity index (χ3v) is 3.87. The quantitative estimate of drug-likeness (QED) is 0.667. The molecule has 1 aliphatic rings. The van der Waals surface area contributed by atoms with E-state index in [0.717, 1.165) is 24.3 Å². The summed E-state index contributed by atoms with van der Waals surface area (Å²) in [5.41, 5.74) is -0.00553. The zero-order valence-electron chi connectivity index (χ0n) is 10.1. The standard InChI is InChI=1S/C11H15N3O3S/c1-17-10-3-2-9(14(15)16)11(13-10)12-8-4-6-18-7-5-8/h2-3,8H,4-7H2,1H3,(H,12,13). The number of rotatable bonds is 4. The molecule has 0 unspecified atom stereocenters. The van der Waals surface area contributed by atoms with Crippen molar-refractivity contribution in [1.29, 1.82) is 0 Å². The van der Waals surface area contributed by atoms with Gasteiger partial charge in [-0.15, -0.1) is 0 Å². The van der Waals surface area contributed by atoms with Crippen LogP contribution in [0.5, 0.6) is 5.88 Å². The van der Waals surface area contributed by atoms with Crippen molar-refractivity contribution in [2.24, 2.45) is 0 Å². The number of anilines is 1. The highest BCUT2D eigenvalue weighted by atomic mass is 32.2. The van der Waals surface area contributed by atoms with Gasteiger partial charge in [0, 0.05) is 18.2 Å². The Morgan fingerprint density at radius 3 is 2.83 bits per heavy atom. The van der Waals surface area contributed by atoms with Gasteiger partial charge in [-0.2, -0.15) is 16.7 Å². The van der Waals surface area contributed by atoms with E-state index in [0.29, 0.717) is 11.7 Å². The second kappa shape index (κ2) is 5.90. The van der Waals surface area contributed by atoms with Crippen molar-refractivity contribution in [2.45, 2.75) is 18.9 Å². The third-order valence-electron chi connectivity index (χ3n) is 2.82. The average molecular weight is 269 g/mol. The number of nitrogens with one attached hydrogen (secondary N) is 1. The lowest BCUT2D eigenvalue weighted by molar-refractivity contribution is -0.384. The molecule has 0 aliphatic carbocycles. The van der Waals surface area contributed by atoms with Crippen LogP contribution in [-0.4, -0.2) is 34.6 Å². The second-order valence-corrected chi connectivity index (χ2v) is 5.23. The molecule has 1 aliphatic heterocycles. The van der Waals surface area contributed by atoms with Crippen LogP contribution >= 0.6 is 11.8 Å². The summed E-state index contributed by atoms with van der Waals surface area (Å²) >= 11 is 1.91. The van der Waals surface area contributed by atoms with Crippen LogP contribution < -0.4 is 10.1 Å². The topological polar surface area (TPSA) is 77.3 Å². The van der Waals surface area contributed by atoms with Gasteiger partial charge in [0.05, 0.1) is 12.0 Å². The monoisotopic (exact) mass is 269 g/mol. The summed E-state index contributed by atoms with van der Waals surface area (Å²) in [7, 11) is 1.50. The lowest BCUT2D eigenvalue weighted by Gasteiger charge is -2.22. The van der Waals surface area contributed by atoms with Crippen molar-refractivity contribution in [3.63, 3.8) is 0 Å². The maximum atomic E-state index is 10.9. The Kier molecular flexibility index (Phi) is 4.24. The van der Waals surface area contributed by atoms with Crippen LogP contribution in [0.15, 0.2) is 12.1 Å². The van der Waals surface area contributed by atoms with Gasteiger partial charge in [0.2, 0.25) is 11.7 Å². The lowest BCUT2D eigenvalue weighted by atomic mass is 10.1. The van der Waals surface area contributed by atoms with Crippen LogP contribution in [0.4, 0.5) is 11.5 Å². The SMILES string of the molecule is COc1ccc([N+](=O)[O-])c(NC2CCSCC2)n1. The number of thioether (sulfide) groups is 1. The first-order chi connectivity index (χ1) is 8.70. The summed E-state index contributed by atoms with van der Waals surface area (Å²) in [5, 5.41) is 14.1. The van der Waals surface area contributed by atoms with E-state index in [1.54, 1.807) is 0 Å². The predicted molar refractivity (Wildman–Crippen MR) is 71.4 cm³/mol. The Balaban J connectivity index is 2.19. The van der Waals surface area contributed by atoms with E-state index in [4.69, 9.17) is 4.74 Å². The molecule has 0 radical (unpaired) electrons. The van der Waals surface area contributed by atoms with Gasteiger partial charge < -0.3 is 10.1 Å². The Hall–Kier alpha value is -1.50. The molecule has 98 valence electrons. The minimum atomic E-state index is -0.424. The van der Waals surface area contributed by atoms with E-state index < -0.39 is 4.92 Å². The Bertz CT molecular complexity index is 436. The Morgan fingerprint density at radius 1 is 1.50 bits per heavy atom. The fraction of sp³-hybridized carbons (Fsp3) is 0.545. The third kappa shape index (κ3) is 3.04. The number of methoxy groups -OCH3 is 1. The summed E-state index contributed by atoms with van der Waals surface area (Å²) in [6.07, 6.45) is 2.00. The van der Waals surface area contributed by atoms with Crippen molar-refractivity contribution in [1.82, 2.24) is 4.98 Å². The largest absolute Gasteiger partial charge is 0.481 e. The van der Waals surface area contributed by atoms with Gasteiger partial charge in [-0.05, 0) is 24.3 Å². The first-order valence-electron chi connectivity index (χ1n) is 5.74. The molecule has 0 spiro atoms. The molecule has 1 N–H and O–H groups in total. The zero-order valence-corrected chi connectivity index (χ0v) is 10.9. The van der Waals surface area contributed by atoms with Crippen LogP contribution in [-0.2, 0) is 0 Å². The van der Waals surface area contributed by atoms with Gasteiger partial charge in [-0.3, -0.25) is 10.1 Å². The molecule has 0 atom stereocenters. The smallest absolute Gasteiger partial charge is 0.311 e. The molecule has 1 aromatic rings. The fourth-order valence-electron chi connectivity index (χ4n) is 1.84. The molecule has 0 aromatic carbocycles. The number of aromatic nitrogens is 1. The van der Waals surface area contributed by atoms with Crippen molar-refractivity contribution >= 4 is 23.3 Å². The summed E-state index contributed by atoms with van der Waals surface area (Å²) < 4.78 is 5.00. The molecular weight excluding hydrogens is 254 g/mol. The molecule has 1 saturated heterocycles. The molecule has 2 rings (SSSR count). The zero-order chi connectivity index (χ0) is 13.0. The Morgan fingerprint density at radius 2 is 2.22 bits per heavy atom. The van der Waals surface area contributed by atoms with Gasteiger partial charge in [0.1, 0.15) is 0 Å². The van der Waals surface area contributed by atoms with Crippen molar-refractivity contribution < 1.29 is 9.66 Å². The minimum Gasteiger partial charge on any atom is -0.481 e. The molecule has 0 amide bonds. The van der Waals surface area contributed by atoms with E-state index in [2.05, 4.69) is 10.3 Å². The normalized spacial score (nSPS) is 16.3. The summed E-state index contributed by atoms with van der Waals surface area (Å²) in [6.45, 7) is 0. The molecule has 6 nitrogen and oxygen atoms in total. The maximum absolute atomic E-state index is 10.9. The molecule has 18 heavy (non-hydrogen) atoms. The highest BCUT2D eigenvalue weighted by molar-refractivity contribution is 7.99. The number of hydrogen-bond acceptors (Lipinski definition) is 6. The number of nitro groups is 1. The van der Waals surface area contributed by atoms with Gasteiger partial charge in [-0.25, -0.2) is 0 Å². The van der Waals surface area contributed by atoms with Crippen molar-refractivity contribution in [2.75, 3.05) is 23.9 Å². The highest BCUT2D eigenvalue weighted by Crippen LogP contribution is 2.28. The van der Waals surface area contributed by atoms with E-state index in [-0.39, 0.29) is 11.7 Å².